The third kappa shape index (κ3) is 1.99. The largest absolute Gasteiger partial charge is 0.244 e. The maximum Gasteiger partial charge on any atom is 0.139 e. The molecule has 2 aromatic rings. The highest BCUT2D eigenvalue weighted by Crippen LogP contribution is 2.20. The molecule has 2 rings (SSSR count). The molecular weight excluding hydrogens is 198 g/mol. The number of pyridine rings is 1. The number of halogens is 1. The number of hydrogen-bond donors (Lipinski definition) is 0. The van der Waals surface area contributed by atoms with Gasteiger partial charge in [0.15, 0.2) is 0 Å². The third-order valence-corrected chi connectivity index (χ3v) is 1.98. The number of fused-ring (bicyclic) bond motifs is 1. The Balaban J connectivity index is 0.000000461. The standard InChI is InChI=1S/C8H6ClN3.C2H6/c1-5-2-11-8(9)6-3-10-4-12-7(5)6;1-2/h2-4H,1H3;1-2H3. The second-order valence-electron chi connectivity index (χ2n) is 2.52. The summed E-state index contributed by atoms with van der Waals surface area (Å²) in [5.41, 5.74) is 1.88. The third-order valence-electron chi connectivity index (χ3n) is 1.68. The number of nitrogens with zero attached hydrogens (tertiary/aromatic N) is 3. The quantitative estimate of drug-likeness (QED) is 0.626. The van der Waals surface area contributed by atoms with Gasteiger partial charge in [0.2, 0.25) is 0 Å². The van der Waals surface area contributed by atoms with E-state index in [0.29, 0.717) is 5.15 Å². The Hall–Kier alpha value is -1.22. The van der Waals surface area contributed by atoms with Gasteiger partial charge in [0, 0.05) is 12.4 Å². The molecule has 2 aromatic heterocycles. The van der Waals surface area contributed by atoms with Crippen LogP contribution in [0.3, 0.4) is 0 Å². The molecule has 0 amide bonds. The van der Waals surface area contributed by atoms with Crippen LogP contribution in [-0.4, -0.2) is 15.0 Å². The van der Waals surface area contributed by atoms with Gasteiger partial charge >= 0.3 is 0 Å². The summed E-state index contributed by atoms with van der Waals surface area (Å²) in [7, 11) is 0. The van der Waals surface area contributed by atoms with Gasteiger partial charge in [0.25, 0.3) is 0 Å². The predicted octanol–water partition coefficient (Wildman–Crippen LogP) is 3.01. The molecule has 0 aliphatic rings. The van der Waals surface area contributed by atoms with Crippen molar-refractivity contribution in [3.63, 3.8) is 0 Å². The van der Waals surface area contributed by atoms with Crippen molar-refractivity contribution >= 4 is 22.5 Å². The molecule has 0 spiro atoms. The highest BCUT2D eigenvalue weighted by Gasteiger charge is 2.02. The number of rotatable bonds is 0. The molecular formula is C10H12ClN3. The average Bonchev–Trinajstić information content (AvgIpc) is 2.27. The average molecular weight is 210 g/mol. The minimum Gasteiger partial charge on any atom is -0.244 e. The second kappa shape index (κ2) is 4.86. The molecule has 0 fully saturated rings. The normalized spacial score (nSPS) is 9.43. The molecule has 0 saturated carbocycles. The minimum absolute atomic E-state index is 0.455. The van der Waals surface area contributed by atoms with Gasteiger partial charge in [0.05, 0.1) is 10.9 Å². The number of aromatic nitrogens is 3. The van der Waals surface area contributed by atoms with E-state index in [-0.39, 0.29) is 0 Å². The van der Waals surface area contributed by atoms with Crippen LogP contribution in [0.4, 0.5) is 0 Å². The number of hydrogen-bond acceptors (Lipinski definition) is 3. The van der Waals surface area contributed by atoms with Gasteiger partial charge in [-0.15, -0.1) is 0 Å². The molecule has 0 bridgehead atoms. The Morgan fingerprint density at radius 3 is 2.50 bits per heavy atom. The zero-order valence-corrected chi connectivity index (χ0v) is 9.21. The van der Waals surface area contributed by atoms with Gasteiger partial charge in [-0.2, -0.15) is 0 Å². The summed E-state index contributed by atoms with van der Waals surface area (Å²) in [6, 6.07) is 0. The zero-order valence-electron chi connectivity index (χ0n) is 8.45. The molecule has 0 aromatic carbocycles. The van der Waals surface area contributed by atoms with E-state index in [2.05, 4.69) is 15.0 Å². The summed E-state index contributed by atoms with van der Waals surface area (Å²) in [6.45, 7) is 5.94. The summed E-state index contributed by atoms with van der Waals surface area (Å²) in [5.74, 6) is 0. The molecule has 3 nitrogen and oxygen atoms in total. The van der Waals surface area contributed by atoms with E-state index in [4.69, 9.17) is 11.6 Å². The monoisotopic (exact) mass is 209 g/mol. The topological polar surface area (TPSA) is 38.7 Å². The molecule has 0 aliphatic carbocycles. The molecule has 0 aliphatic heterocycles. The van der Waals surface area contributed by atoms with Crippen LogP contribution in [0, 0.1) is 6.92 Å². The van der Waals surface area contributed by atoms with Crippen molar-refractivity contribution in [3.8, 4) is 0 Å². The minimum atomic E-state index is 0.455. The van der Waals surface area contributed by atoms with Crippen molar-refractivity contribution in [1.29, 1.82) is 0 Å². The van der Waals surface area contributed by atoms with Gasteiger partial charge in [-0.1, -0.05) is 25.4 Å². The first-order valence-corrected chi connectivity index (χ1v) is 4.87. The van der Waals surface area contributed by atoms with E-state index in [1.807, 2.05) is 20.8 Å². The fourth-order valence-electron chi connectivity index (χ4n) is 1.08. The summed E-state index contributed by atoms with van der Waals surface area (Å²) in [5, 5.41) is 1.26. The highest BCUT2D eigenvalue weighted by molar-refractivity contribution is 6.34. The number of aryl methyl sites for hydroxylation is 1. The fraction of sp³-hybridized carbons (Fsp3) is 0.300. The van der Waals surface area contributed by atoms with Gasteiger partial charge in [-0.05, 0) is 12.5 Å². The summed E-state index contributed by atoms with van der Waals surface area (Å²) < 4.78 is 0. The van der Waals surface area contributed by atoms with Crippen LogP contribution in [0.1, 0.15) is 19.4 Å². The smallest absolute Gasteiger partial charge is 0.139 e. The van der Waals surface area contributed by atoms with Gasteiger partial charge in [-0.3, -0.25) is 0 Å². The van der Waals surface area contributed by atoms with Crippen LogP contribution in [0.25, 0.3) is 10.9 Å². The Bertz CT molecular complexity index is 388. The SMILES string of the molecule is CC.Cc1cnc(Cl)c2cncnc12. The molecule has 0 atom stereocenters. The molecule has 2 heterocycles. The first-order chi connectivity index (χ1) is 6.79. The van der Waals surface area contributed by atoms with Crippen LogP contribution in [0.5, 0.6) is 0 Å². The molecule has 4 heteroatoms. The van der Waals surface area contributed by atoms with E-state index in [9.17, 15) is 0 Å². The van der Waals surface area contributed by atoms with Crippen LogP contribution in [0.2, 0.25) is 5.15 Å². The lowest BCUT2D eigenvalue weighted by Gasteiger charge is -1.99. The Morgan fingerprint density at radius 2 is 1.86 bits per heavy atom. The lowest BCUT2D eigenvalue weighted by atomic mass is 10.2. The highest BCUT2D eigenvalue weighted by atomic mass is 35.5. The Kier molecular flexibility index (Phi) is 3.77. The zero-order chi connectivity index (χ0) is 10.6. The van der Waals surface area contributed by atoms with Crippen molar-refractivity contribution in [1.82, 2.24) is 15.0 Å². The second-order valence-corrected chi connectivity index (χ2v) is 2.88. The lowest BCUT2D eigenvalue weighted by molar-refractivity contribution is 1.19. The van der Waals surface area contributed by atoms with E-state index in [1.54, 1.807) is 12.4 Å². The van der Waals surface area contributed by atoms with E-state index in [1.165, 1.54) is 6.33 Å². The van der Waals surface area contributed by atoms with Crippen LogP contribution in [0.15, 0.2) is 18.7 Å². The summed E-state index contributed by atoms with van der Waals surface area (Å²) in [6.07, 6.45) is 4.88. The Labute approximate surface area is 88.2 Å². The summed E-state index contributed by atoms with van der Waals surface area (Å²) >= 11 is 5.84. The molecule has 0 saturated heterocycles. The first-order valence-electron chi connectivity index (χ1n) is 4.50. The molecule has 74 valence electrons. The van der Waals surface area contributed by atoms with Gasteiger partial charge in [0.1, 0.15) is 11.5 Å². The van der Waals surface area contributed by atoms with E-state index < -0.39 is 0 Å². The van der Waals surface area contributed by atoms with Crippen molar-refractivity contribution < 1.29 is 0 Å². The van der Waals surface area contributed by atoms with E-state index in [0.717, 1.165) is 16.5 Å². The van der Waals surface area contributed by atoms with Gasteiger partial charge < -0.3 is 0 Å². The van der Waals surface area contributed by atoms with Crippen molar-refractivity contribution in [3.05, 3.63) is 29.4 Å². The van der Waals surface area contributed by atoms with Crippen LogP contribution < -0.4 is 0 Å². The molecule has 0 N–H and O–H groups in total. The fourth-order valence-corrected chi connectivity index (χ4v) is 1.27. The predicted molar refractivity (Wildman–Crippen MR) is 58.4 cm³/mol. The maximum absolute atomic E-state index is 5.84. The lowest BCUT2D eigenvalue weighted by Crippen LogP contribution is -1.87. The molecule has 0 radical (unpaired) electrons. The van der Waals surface area contributed by atoms with Crippen molar-refractivity contribution in [2.75, 3.05) is 0 Å². The van der Waals surface area contributed by atoms with Crippen molar-refractivity contribution in [2.45, 2.75) is 20.8 Å². The Morgan fingerprint density at radius 1 is 1.14 bits per heavy atom. The van der Waals surface area contributed by atoms with Crippen LogP contribution >= 0.6 is 11.6 Å². The molecule has 0 unspecified atom stereocenters. The first kappa shape index (κ1) is 10.9. The van der Waals surface area contributed by atoms with E-state index >= 15 is 0 Å². The maximum atomic E-state index is 5.84. The van der Waals surface area contributed by atoms with Crippen molar-refractivity contribution in [2.24, 2.45) is 0 Å². The summed E-state index contributed by atoms with van der Waals surface area (Å²) in [4.78, 5) is 12.0. The van der Waals surface area contributed by atoms with Gasteiger partial charge in [-0.25, -0.2) is 15.0 Å². The molecule has 14 heavy (non-hydrogen) atoms. The van der Waals surface area contributed by atoms with Crippen LogP contribution in [-0.2, 0) is 0 Å².